The van der Waals surface area contributed by atoms with E-state index in [1.54, 1.807) is 0 Å². The number of hydrogen-bond donors (Lipinski definition) is 2. The first-order chi connectivity index (χ1) is 17.4. The quantitative estimate of drug-likeness (QED) is 0.337. The number of allylic oxidation sites excluding steroid dienone is 4. The molecule has 0 spiro atoms. The van der Waals surface area contributed by atoms with Gasteiger partial charge in [0.15, 0.2) is 0 Å². The van der Waals surface area contributed by atoms with Gasteiger partial charge in [-0.1, -0.05) is 119 Å². The molecule has 4 fully saturated rings. The molecule has 2 nitrogen and oxygen atoms in total. The molecule has 0 bridgehead atoms. The van der Waals surface area contributed by atoms with Crippen molar-refractivity contribution in [2.75, 3.05) is 13.2 Å². The molecule has 2 N–H and O–H groups in total. The van der Waals surface area contributed by atoms with E-state index in [-0.39, 0.29) is 10.8 Å². The van der Waals surface area contributed by atoms with Gasteiger partial charge in [-0.2, -0.15) is 0 Å². The predicted octanol–water partition coefficient (Wildman–Crippen LogP) is 9.65. The van der Waals surface area contributed by atoms with Crippen LogP contribution in [0.15, 0.2) is 49.6 Å². The molecule has 0 aromatic rings. The molecule has 6 unspecified atom stereocenters. The van der Waals surface area contributed by atoms with Crippen LogP contribution >= 0.6 is 0 Å². The topological polar surface area (TPSA) is 40.5 Å². The van der Waals surface area contributed by atoms with Crippen LogP contribution in [0.5, 0.6) is 0 Å². The maximum absolute atomic E-state index is 8.90. The molecule has 6 atom stereocenters. The van der Waals surface area contributed by atoms with E-state index in [4.69, 9.17) is 10.2 Å². The first-order valence-corrected chi connectivity index (χ1v) is 15.3. The van der Waals surface area contributed by atoms with Gasteiger partial charge in [-0.05, 0) is 82.9 Å². The van der Waals surface area contributed by atoms with Gasteiger partial charge in [0.1, 0.15) is 0 Å². The molecule has 4 aliphatic rings. The van der Waals surface area contributed by atoms with Crippen molar-refractivity contribution < 1.29 is 10.2 Å². The molecule has 4 rings (SSSR count). The van der Waals surface area contributed by atoms with Gasteiger partial charge in [0.25, 0.3) is 0 Å². The summed E-state index contributed by atoms with van der Waals surface area (Å²) >= 11 is 0. The molecule has 0 amide bonds. The first kappa shape index (κ1) is 34.9. The Labute approximate surface area is 237 Å². The highest BCUT2D eigenvalue weighted by atomic mass is 16.3. The molecule has 4 saturated carbocycles. The Morgan fingerprint density at radius 2 is 0.974 bits per heavy atom. The van der Waals surface area contributed by atoms with Crippen LogP contribution in [-0.2, 0) is 0 Å². The third-order valence-electron chi connectivity index (χ3n) is 11.9. The Morgan fingerprint density at radius 1 is 0.632 bits per heavy atom. The second-order valence-corrected chi connectivity index (χ2v) is 14.8. The van der Waals surface area contributed by atoms with E-state index in [9.17, 15) is 0 Å². The predicted molar refractivity (Wildman–Crippen MR) is 168 cm³/mol. The minimum absolute atomic E-state index is 0.203. The van der Waals surface area contributed by atoms with Crippen molar-refractivity contribution in [1.82, 2.24) is 0 Å². The third kappa shape index (κ3) is 7.14. The Bertz CT molecular complexity index is 743. The van der Waals surface area contributed by atoms with Gasteiger partial charge >= 0.3 is 0 Å². The van der Waals surface area contributed by atoms with Crippen molar-refractivity contribution in [2.24, 2.45) is 57.2 Å². The molecule has 0 aliphatic heterocycles. The zero-order valence-electron chi connectivity index (χ0n) is 27.0. The maximum atomic E-state index is 8.90. The third-order valence-corrected chi connectivity index (χ3v) is 11.9. The van der Waals surface area contributed by atoms with E-state index in [1.165, 1.54) is 36.8 Å². The molecule has 220 valence electrons. The van der Waals surface area contributed by atoms with Crippen LogP contribution in [0.25, 0.3) is 0 Å². The van der Waals surface area contributed by atoms with E-state index in [0.717, 1.165) is 30.6 Å². The summed E-state index contributed by atoms with van der Waals surface area (Å²) in [7, 11) is 0. The number of aliphatic hydroxyl groups excluding tert-OH is 2. The van der Waals surface area contributed by atoms with Crippen LogP contribution in [0.4, 0.5) is 0 Å². The lowest BCUT2D eigenvalue weighted by Gasteiger charge is -2.51. The molecule has 0 saturated heterocycles. The summed E-state index contributed by atoms with van der Waals surface area (Å²) in [6.45, 7) is 38.7. The number of hydrogen-bond acceptors (Lipinski definition) is 2. The van der Waals surface area contributed by atoms with Gasteiger partial charge in [-0.3, -0.25) is 0 Å². The Balaban J connectivity index is 0.000000254. The molecule has 4 aliphatic carbocycles. The smallest absolute Gasteiger partial charge is 0.0470 e. The fraction of sp³-hybridized carbons (Fsp3) is 0.778. The standard InChI is InChI=1S/C10H18.C9H16O.C9H16.C8H14O/c1-5-8-7-9(6-2)10(8,3)4;1-4-7-5-8(6-10)9(7,2)3;1-5-8-6-7(2)9(8,3)4;1-6-4-7(5-9)8(6,2)3/h5,8-9H,1,6-7H2,2-4H3;4,7-8,10H,1,5-6H2,2-3H3;8H,2,5-6H2,1,3-4H3;7,9H,1,4-5H2,2-3H3. The summed E-state index contributed by atoms with van der Waals surface area (Å²) < 4.78 is 0. The van der Waals surface area contributed by atoms with Gasteiger partial charge < -0.3 is 10.2 Å². The van der Waals surface area contributed by atoms with Gasteiger partial charge in [0.05, 0.1) is 0 Å². The van der Waals surface area contributed by atoms with Gasteiger partial charge in [0.2, 0.25) is 0 Å². The molecular formula is C36H64O2. The van der Waals surface area contributed by atoms with E-state index >= 15 is 0 Å². The second-order valence-electron chi connectivity index (χ2n) is 14.8. The van der Waals surface area contributed by atoms with E-state index in [1.807, 2.05) is 6.08 Å². The second kappa shape index (κ2) is 13.5. The molecule has 0 heterocycles. The Morgan fingerprint density at radius 3 is 1.16 bits per heavy atom. The van der Waals surface area contributed by atoms with Gasteiger partial charge in [-0.15, -0.1) is 13.2 Å². The molecule has 38 heavy (non-hydrogen) atoms. The van der Waals surface area contributed by atoms with Gasteiger partial charge in [-0.25, -0.2) is 0 Å². The number of aliphatic hydroxyl groups is 2. The summed E-state index contributed by atoms with van der Waals surface area (Å²) in [5, 5.41) is 17.7. The van der Waals surface area contributed by atoms with E-state index < -0.39 is 0 Å². The molecular weight excluding hydrogens is 464 g/mol. The summed E-state index contributed by atoms with van der Waals surface area (Å²) in [4.78, 5) is 0. The number of rotatable bonds is 6. The zero-order chi connectivity index (χ0) is 29.7. The Kier molecular flexibility index (Phi) is 12.4. The van der Waals surface area contributed by atoms with Crippen molar-refractivity contribution in [3.8, 4) is 0 Å². The van der Waals surface area contributed by atoms with Crippen LogP contribution in [0.1, 0.15) is 108 Å². The fourth-order valence-corrected chi connectivity index (χ4v) is 6.81. The molecule has 0 radical (unpaired) electrons. The molecule has 2 heteroatoms. The monoisotopic (exact) mass is 528 g/mol. The average Bonchev–Trinajstić information content (AvgIpc) is 2.86. The maximum Gasteiger partial charge on any atom is 0.0470 e. The summed E-state index contributed by atoms with van der Waals surface area (Å²) in [6, 6.07) is 0. The van der Waals surface area contributed by atoms with Crippen LogP contribution in [0.2, 0.25) is 0 Å². The van der Waals surface area contributed by atoms with Crippen LogP contribution < -0.4 is 0 Å². The van der Waals surface area contributed by atoms with Crippen molar-refractivity contribution in [3.63, 3.8) is 0 Å². The summed E-state index contributed by atoms with van der Waals surface area (Å²) in [5.41, 5.74) is 4.20. The van der Waals surface area contributed by atoms with Crippen molar-refractivity contribution in [2.45, 2.75) is 108 Å². The lowest BCUT2D eigenvalue weighted by atomic mass is 9.54. The first-order valence-electron chi connectivity index (χ1n) is 15.3. The summed E-state index contributed by atoms with van der Waals surface area (Å²) in [5.74, 6) is 4.20. The normalized spacial score (nSPS) is 34.4. The largest absolute Gasteiger partial charge is 0.396 e. The lowest BCUT2D eigenvalue weighted by molar-refractivity contribution is -0.0258. The van der Waals surface area contributed by atoms with Crippen molar-refractivity contribution in [3.05, 3.63) is 49.6 Å². The van der Waals surface area contributed by atoms with Crippen LogP contribution in [0, 0.1) is 57.2 Å². The van der Waals surface area contributed by atoms with E-state index in [2.05, 4.69) is 102 Å². The highest BCUT2D eigenvalue weighted by molar-refractivity contribution is 5.21. The average molecular weight is 529 g/mol. The Hall–Kier alpha value is -1.12. The van der Waals surface area contributed by atoms with E-state index in [0.29, 0.717) is 41.8 Å². The highest BCUT2D eigenvalue weighted by Crippen LogP contribution is 2.53. The zero-order valence-corrected chi connectivity index (χ0v) is 27.0. The SMILES string of the molecule is C=C1CC(CC)C1(C)C.C=C1CC(CO)C1(C)C.C=CC1CC(CC)C1(C)C.C=CC1CC(CO)C1(C)C. The molecule has 0 aromatic heterocycles. The van der Waals surface area contributed by atoms with Crippen LogP contribution in [0.3, 0.4) is 0 Å². The minimum atomic E-state index is 0.203. The highest BCUT2D eigenvalue weighted by Gasteiger charge is 2.46. The van der Waals surface area contributed by atoms with Crippen molar-refractivity contribution in [1.29, 1.82) is 0 Å². The van der Waals surface area contributed by atoms with Crippen molar-refractivity contribution >= 4 is 0 Å². The van der Waals surface area contributed by atoms with Gasteiger partial charge in [0, 0.05) is 13.2 Å². The van der Waals surface area contributed by atoms with Crippen LogP contribution in [-0.4, -0.2) is 23.4 Å². The lowest BCUT2D eigenvalue weighted by Crippen LogP contribution is -2.45. The fourth-order valence-electron chi connectivity index (χ4n) is 6.81. The minimum Gasteiger partial charge on any atom is -0.396 e. The summed E-state index contributed by atoms with van der Waals surface area (Å²) in [6.07, 6.45) is 11.5. The molecule has 0 aromatic carbocycles.